The number of aromatic carboxylic acids is 1. The molecular formula is C5H4N4O2. The van der Waals surface area contributed by atoms with E-state index in [2.05, 4.69) is 15.1 Å². The van der Waals surface area contributed by atoms with Crippen LogP contribution >= 0.6 is 0 Å². The molecule has 0 saturated carbocycles. The van der Waals surface area contributed by atoms with Gasteiger partial charge in [0.25, 0.3) is 5.78 Å². The van der Waals surface area contributed by atoms with Gasteiger partial charge in [-0.2, -0.15) is 4.98 Å². The molecule has 0 saturated heterocycles. The molecule has 6 nitrogen and oxygen atoms in total. The van der Waals surface area contributed by atoms with Crippen LogP contribution in [0.3, 0.4) is 0 Å². The summed E-state index contributed by atoms with van der Waals surface area (Å²) in [4.78, 5) is 17.8. The molecule has 0 spiro atoms. The molecule has 11 heavy (non-hydrogen) atoms. The number of hydrogen-bond acceptors (Lipinski definition) is 3. The van der Waals surface area contributed by atoms with Gasteiger partial charge < -0.3 is 5.11 Å². The van der Waals surface area contributed by atoms with Gasteiger partial charge in [-0.05, 0) is 0 Å². The summed E-state index contributed by atoms with van der Waals surface area (Å²) in [6, 6.07) is 0. The SMILES string of the molecule is O=C(O)c1nc2nccn2[nH]1. The molecule has 0 fully saturated rings. The van der Waals surface area contributed by atoms with Gasteiger partial charge in [0.05, 0.1) is 0 Å². The highest BCUT2D eigenvalue weighted by molar-refractivity contribution is 5.83. The molecule has 2 rings (SSSR count). The Bertz CT molecular complexity index is 373. The van der Waals surface area contributed by atoms with E-state index in [1.807, 2.05) is 0 Å². The van der Waals surface area contributed by atoms with Crippen molar-refractivity contribution in [2.45, 2.75) is 0 Å². The number of nitrogens with zero attached hydrogens (tertiary/aromatic N) is 3. The highest BCUT2D eigenvalue weighted by atomic mass is 16.4. The smallest absolute Gasteiger partial charge is 0.373 e. The van der Waals surface area contributed by atoms with Gasteiger partial charge >= 0.3 is 5.97 Å². The molecule has 2 aromatic rings. The van der Waals surface area contributed by atoms with Gasteiger partial charge in [0.2, 0.25) is 5.82 Å². The summed E-state index contributed by atoms with van der Waals surface area (Å²) < 4.78 is 1.43. The van der Waals surface area contributed by atoms with Crippen LogP contribution in [0, 0.1) is 0 Å². The first-order valence-electron chi connectivity index (χ1n) is 2.90. The van der Waals surface area contributed by atoms with Gasteiger partial charge in [-0.15, -0.1) is 0 Å². The quantitative estimate of drug-likeness (QED) is 0.590. The molecule has 2 aromatic heterocycles. The van der Waals surface area contributed by atoms with E-state index in [0.717, 1.165) is 0 Å². The number of hydrogen-bond donors (Lipinski definition) is 2. The van der Waals surface area contributed by atoms with Gasteiger partial charge in [-0.3, -0.25) is 5.10 Å². The molecule has 0 radical (unpaired) electrons. The van der Waals surface area contributed by atoms with Crippen LogP contribution in [0.2, 0.25) is 0 Å². The maximum Gasteiger partial charge on any atom is 0.373 e. The summed E-state index contributed by atoms with van der Waals surface area (Å²) in [5.41, 5.74) is 0. The van der Waals surface area contributed by atoms with Crippen LogP contribution in [0.15, 0.2) is 12.4 Å². The second kappa shape index (κ2) is 1.82. The first-order chi connectivity index (χ1) is 5.27. The molecule has 6 heteroatoms. The van der Waals surface area contributed by atoms with Gasteiger partial charge in [0.1, 0.15) is 0 Å². The van der Waals surface area contributed by atoms with Crippen LogP contribution in [-0.2, 0) is 0 Å². The number of carbonyl (C=O) groups is 1. The van der Waals surface area contributed by atoms with Crippen LogP contribution in [0.1, 0.15) is 10.6 Å². The van der Waals surface area contributed by atoms with Crippen molar-refractivity contribution in [3.63, 3.8) is 0 Å². The third-order valence-corrected chi connectivity index (χ3v) is 1.26. The average molecular weight is 152 g/mol. The fourth-order valence-corrected chi connectivity index (χ4v) is 0.800. The number of carboxylic acids is 1. The Labute approximate surface area is 60.5 Å². The second-order valence-corrected chi connectivity index (χ2v) is 1.97. The summed E-state index contributed by atoms with van der Waals surface area (Å²) in [5.74, 6) is -0.828. The summed E-state index contributed by atoms with van der Waals surface area (Å²) in [6.45, 7) is 0. The summed E-state index contributed by atoms with van der Waals surface area (Å²) in [5, 5.41) is 11.0. The molecule has 2 heterocycles. The van der Waals surface area contributed by atoms with Crippen LogP contribution in [0.5, 0.6) is 0 Å². The summed E-state index contributed by atoms with van der Waals surface area (Å²) in [7, 11) is 0. The van der Waals surface area contributed by atoms with Crippen molar-refractivity contribution in [2.75, 3.05) is 0 Å². The van der Waals surface area contributed by atoms with E-state index in [4.69, 9.17) is 5.11 Å². The number of rotatable bonds is 1. The molecule has 0 unspecified atom stereocenters. The Kier molecular flexibility index (Phi) is 0.974. The molecule has 0 aromatic carbocycles. The van der Waals surface area contributed by atoms with Crippen molar-refractivity contribution in [2.24, 2.45) is 0 Å². The monoisotopic (exact) mass is 152 g/mol. The van der Waals surface area contributed by atoms with Gasteiger partial charge in [0.15, 0.2) is 0 Å². The first kappa shape index (κ1) is 5.90. The number of carboxylic acid groups (broad SMARTS) is 1. The van der Waals surface area contributed by atoms with E-state index in [-0.39, 0.29) is 5.82 Å². The van der Waals surface area contributed by atoms with Crippen LogP contribution in [0.25, 0.3) is 5.78 Å². The first-order valence-corrected chi connectivity index (χ1v) is 2.90. The number of nitrogens with one attached hydrogen (secondary N) is 1. The number of imidazole rings is 1. The maximum absolute atomic E-state index is 10.3. The Morgan fingerprint density at radius 1 is 1.73 bits per heavy atom. The number of aromatic nitrogens is 4. The number of fused-ring (bicyclic) bond motifs is 1. The second-order valence-electron chi connectivity index (χ2n) is 1.97. The zero-order valence-corrected chi connectivity index (χ0v) is 5.35. The van der Waals surface area contributed by atoms with Crippen LogP contribution < -0.4 is 0 Å². The highest BCUT2D eigenvalue weighted by Gasteiger charge is 2.08. The van der Waals surface area contributed by atoms with Crippen molar-refractivity contribution in [1.82, 2.24) is 19.6 Å². The number of H-pyrrole nitrogens is 1. The van der Waals surface area contributed by atoms with E-state index in [1.54, 1.807) is 6.20 Å². The van der Waals surface area contributed by atoms with E-state index in [9.17, 15) is 4.79 Å². The Hall–Kier alpha value is -1.85. The average Bonchev–Trinajstić information content (AvgIpc) is 2.40. The molecule has 0 aliphatic heterocycles. The van der Waals surface area contributed by atoms with E-state index in [0.29, 0.717) is 5.78 Å². The lowest BCUT2D eigenvalue weighted by Gasteiger charge is -1.80. The molecule has 0 aliphatic rings. The van der Waals surface area contributed by atoms with Crippen LogP contribution in [0.4, 0.5) is 0 Å². The van der Waals surface area contributed by atoms with E-state index in [1.165, 1.54) is 10.7 Å². The van der Waals surface area contributed by atoms with Crippen molar-refractivity contribution in [3.8, 4) is 0 Å². The molecule has 0 amide bonds. The van der Waals surface area contributed by atoms with Crippen molar-refractivity contribution < 1.29 is 9.90 Å². The molecule has 0 atom stereocenters. The normalized spacial score (nSPS) is 10.5. The summed E-state index contributed by atoms with van der Waals surface area (Å²) >= 11 is 0. The maximum atomic E-state index is 10.3. The zero-order valence-electron chi connectivity index (χ0n) is 5.35. The zero-order chi connectivity index (χ0) is 7.84. The molecule has 0 bridgehead atoms. The minimum Gasteiger partial charge on any atom is -0.475 e. The summed E-state index contributed by atoms with van der Waals surface area (Å²) in [6.07, 6.45) is 3.12. The van der Waals surface area contributed by atoms with Gasteiger partial charge in [0, 0.05) is 12.4 Å². The Morgan fingerprint density at radius 3 is 3.18 bits per heavy atom. The third kappa shape index (κ3) is 0.759. The molecule has 56 valence electrons. The fraction of sp³-hybridized carbons (Fsp3) is 0. The third-order valence-electron chi connectivity index (χ3n) is 1.26. The van der Waals surface area contributed by atoms with Crippen molar-refractivity contribution in [1.29, 1.82) is 0 Å². The standard InChI is InChI=1S/C5H4N4O2/c10-4(11)3-7-5-6-1-2-9(5)8-3/h1-2H,(H,10,11)(H,6,7,8). The van der Waals surface area contributed by atoms with Crippen molar-refractivity contribution >= 4 is 11.7 Å². The lowest BCUT2D eigenvalue weighted by atomic mass is 10.6. The Morgan fingerprint density at radius 2 is 2.55 bits per heavy atom. The molecule has 2 N–H and O–H groups in total. The fourth-order valence-electron chi connectivity index (χ4n) is 0.800. The lowest BCUT2D eigenvalue weighted by molar-refractivity contribution is 0.0684. The van der Waals surface area contributed by atoms with E-state index >= 15 is 0 Å². The number of aromatic amines is 1. The van der Waals surface area contributed by atoms with Gasteiger partial charge in [-0.25, -0.2) is 14.3 Å². The van der Waals surface area contributed by atoms with E-state index < -0.39 is 5.97 Å². The minimum absolute atomic E-state index is 0.104. The predicted octanol–water partition coefficient (Wildman–Crippen LogP) is -0.244. The highest BCUT2D eigenvalue weighted by Crippen LogP contribution is 1.96. The minimum atomic E-state index is -1.09. The van der Waals surface area contributed by atoms with Gasteiger partial charge in [-0.1, -0.05) is 0 Å². The molecular weight excluding hydrogens is 148 g/mol. The predicted molar refractivity (Wildman–Crippen MR) is 34.3 cm³/mol. The Balaban J connectivity index is 2.67. The largest absolute Gasteiger partial charge is 0.475 e. The molecule has 0 aliphatic carbocycles. The topological polar surface area (TPSA) is 83.3 Å². The van der Waals surface area contributed by atoms with Crippen molar-refractivity contribution in [3.05, 3.63) is 18.2 Å². The lowest BCUT2D eigenvalue weighted by Crippen LogP contribution is -1.99. The van der Waals surface area contributed by atoms with Crippen LogP contribution in [-0.4, -0.2) is 30.7 Å².